The van der Waals surface area contributed by atoms with Gasteiger partial charge < -0.3 is 24.3 Å². The van der Waals surface area contributed by atoms with Crippen molar-refractivity contribution in [1.82, 2.24) is 0 Å². The average Bonchev–Trinajstić information content (AvgIpc) is 3.14. The van der Waals surface area contributed by atoms with Crippen molar-refractivity contribution in [3.63, 3.8) is 0 Å². The molecule has 4 aromatic rings. The maximum absolute atomic E-state index is 11.6. The number of carbonyl (C=O) groups is 2. The first-order valence-electron chi connectivity index (χ1n) is 14.5. The first-order chi connectivity index (χ1) is 23.5. The van der Waals surface area contributed by atoms with Crippen molar-refractivity contribution in [2.75, 3.05) is 25.1 Å². The Balaban J connectivity index is 0.000000445. The molecule has 0 radical (unpaired) electrons. The lowest BCUT2D eigenvalue weighted by molar-refractivity contribution is -0.105. The summed E-state index contributed by atoms with van der Waals surface area (Å²) in [6.45, 7) is 1.11. The van der Waals surface area contributed by atoms with Crippen LogP contribution >= 0.6 is 27.5 Å². The molecule has 48 heavy (non-hydrogen) atoms. The lowest BCUT2D eigenvalue weighted by Gasteiger charge is -2.18. The zero-order valence-electron chi connectivity index (χ0n) is 25.5. The number of nitriles is 2. The fourth-order valence-corrected chi connectivity index (χ4v) is 4.80. The van der Waals surface area contributed by atoms with E-state index in [1.807, 2.05) is 42.5 Å². The fourth-order valence-electron chi connectivity index (χ4n) is 4.23. The number of anilines is 1. The van der Waals surface area contributed by atoms with E-state index in [0.29, 0.717) is 48.4 Å². The lowest BCUT2D eigenvalue weighted by Crippen LogP contribution is -2.15. The van der Waals surface area contributed by atoms with Gasteiger partial charge in [-0.3, -0.25) is 9.59 Å². The van der Waals surface area contributed by atoms with E-state index in [1.54, 1.807) is 42.6 Å². The summed E-state index contributed by atoms with van der Waals surface area (Å²) in [7, 11) is 0. The Morgan fingerprint density at radius 3 is 2.27 bits per heavy atom. The van der Waals surface area contributed by atoms with E-state index >= 15 is 0 Å². The average molecular weight is 727 g/mol. The van der Waals surface area contributed by atoms with Crippen LogP contribution in [0, 0.1) is 22.7 Å². The Labute approximate surface area is 291 Å². The van der Waals surface area contributed by atoms with Gasteiger partial charge in [-0.25, -0.2) is 0 Å². The predicted molar refractivity (Wildman–Crippen MR) is 186 cm³/mol. The molecule has 0 bridgehead atoms. The number of hydrogen-bond acceptors (Lipinski definition) is 9. The molecular formula is C37H29BrClN3O6. The van der Waals surface area contributed by atoms with Crippen molar-refractivity contribution < 1.29 is 28.5 Å². The van der Waals surface area contributed by atoms with Crippen LogP contribution in [0.3, 0.4) is 0 Å². The Hall–Kier alpha value is -5.55. The summed E-state index contributed by atoms with van der Waals surface area (Å²) in [5, 5.41) is 21.7. The summed E-state index contributed by atoms with van der Waals surface area (Å²) in [6.07, 6.45) is 6.26. The molecule has 0 aromatic heterocycles. The van der Waals surface area contributed by atoms with Crippen molar-refractivity contribution in [3.8, 4) is 35.1 Å². The number of carbonyl (C=O) groups excluding carboxylic acids is 2. The van der Waals surface area contributed by atoms with Crippen LogP contribution in [-0.4, -0.2) is 32.4 Å². The minimum atomic E-state index is -0.0539. The number of rotatable bonds is 12. The van der Waals surface area contributed by atoms with Crippen molar-refractivity contribution in [1.29, 1.82) is 10.5 Å². The summed E-state index contributed by atoms with van der Waals surface area (Å²) >= 11 is 9.59. The highest BCUT2D eigenvalue weighted by atomic mass is 79.9. The maximum atomic E-state index is 11.6. The number of nitrogens with one attached hydrogen (secondary N) is 1. The smallest absolute Gasteiger partial charge is 0.163 e. The van der Waals surface area contributed by atoms with Gasteiger partial charge in [-0.15, -0.1) is 0 Å². The molecule has 242 valence electrons. The third kappa shape index (κ3) is 10.5. The van der Waals surface area contributed by atoms with Crippen LogP contribution in [0.25, 0.3) is 0 Å². The standard InChI is InChI=1S/C29H23ClN2O6.C8H6BrN/c30-25-12-23(17-34)27(37-18-21-4-1-3-20(11-21)15-31)14-28(25)38-19-22(16-33)5-2-8-32-24-6-7-26-29(13-24)36-10-9-35-26;9-5-7-2-1-3-8(4-7)6-10/h1-8,11-14,16-17,32H,9-10,18-19H2;1-4H,5H2/b8-2-,22-5+;. The lowest BCUT2D eigenvalue weighted by atomic mass is 10.1. The number of ether oxygens (including phenoxy) is 4. The van der Waals surface area contributed by atoms with E-state index in [2.05, 4.69) is 33.4 Å². The van der Waals surface area contributed by atoms with E-state index in [0.717, 1.165) is 27.7 Å². The zero-order chi connectivity index (χ0) is 34.1. The number of alkyl halides is 1. The topological polar surface area (TPSA) is 131 Å². The van der Waals surface area contributed by atoms with Crippen LogP contribution in [-0.2, 0) is 16.7 Å². The molecule has 0 aliphatic carbocycles. The third-order valence-corrected chi connectivity index (χ3v) is 7.54. The van der Waals surface area contributed by atoms with Gasteiger partial charge in [-0.05, 0) is 59.7 Å². The minimum Gasteiger partial charge on any atom is -0.488 e. The van der Waals surface area contributed by atoms with Crippen molar-refractivity contribution in [2.24, 2.45) is 0 Å². The van der Waals surface area contributed by atoms with Crippen molar-refractivity contribution >= 4 is 45.8 Å². The van der Waals surface area contributed by atoms with E-state index in [4.69, 9.17) is 41.1 Å². The molecular weight excluding hydrogens is 698 g/mol. The second-order valence-corrected chi connectivity index (χ2v) is 11.0. The molecule has 0 amide bonds. The highest BCUT2D eigenvalue weighted by molar-refractivity contribution is 9.08. The number of allylic oxidation sites excluding steroid dienone is 2. The van der Waals surface area contributed by atoms with Crippen LogP contribution in [0.2, 0.25) is 5.02 Å². The van der Waals surface area contributed by atoms with Gasteiger partial charge in [0, 0.05) is 34.9 Å². The number of fused-ring (bicyclic) bond motifs is 1. The molecule has 11 heteroatoms. The normalized spacial score (nSPS) is 11.7. The van der Waals surface area contributed by atoms with Crippen LogP contribution < -0.4 is 24.3 Å². The Bertz CT molecular complexity index is 1900. The quantitative estimate of drug-likeness (QED) is 0.0669. The van der Waals surface area contributed by atoms with Gasteiger partial charge in [0.1, 0.15) is 44.2 Å². The Morgan fingerprint density at radius 2 is 1.58 bits per heavy atom. The van der Waals surface area contributed by atoms with E-state index < -0.39 is 0 Å². The van der Waals surface area contributed by atoms with Crippen LogP contribution in [0.4, 0.5) is 5.69 Å². The molecule has 0 atom stereocenters. The van der Waals surface area contributed by atoms with E-state index in [9.17, 15) is 9.59 Å². The van der Waals surface area contributed by atoms with Crippen LogP contribution in [0.15, 0.2) is 103 Å². The predicted octanol–water partition coefficient (Wildman–Crippen LogP) is 7.96. The molecule has 5 rings (SSSR count). The van der Waals surface area contributed by atoms with Crippen molar-refractivity contribution in [3.05, 3.63) is 136 Å². The fraction of sp³-hybridized carbons (Fsp3) is 0.135. The SMILES string of the molecule is N#Cc1cccc(CBr)c1.N#Cc1cccc(COc2cc(OC/C(C=O)=C/C=C\Nc3ccc4c(c3)OCCO4)c(Cl)cc2C=O)c1. The number of nitrogens with zero attached hydrogens (tertiary/aromatic N) is 2. The molecule has 0 fully saturated rings. The molecule has 0 unspecified atom stereocenters. The zero-order valence-corrected chi connectivity index (χ0v) is 27.9. The Morgan fingerprint density at radius 1 is 0.875 bits per heavy atom. The first-order valence-corrected chi connectivity index (χ1v) is 16.0. The highest BCUT2D eigenvalue weighted by Gasteiger charge is 2.13. The van der Waals surface area contributed by atoms with Gasteiger partial charge in [0.25, 0.3) is 0 Å². The Kier molecular flexibility index (Phi) is 13.7. The largest absolute Gasteiger partial charge is 0.488 e. The summed E-state index contributed by atoms with van der Waals surface area (Å²) in [5.41, 5.74) is 4.54. The second-order valence-electron chi connectivity index (χ2n) is 9.99. The summed E-state index contributed by atoms with van der Waals surface area (Å²) in [6, 6.07) is 27.1. The molecule has 1 aliphatic heterocycles. The molecule has 1 aliphatic rings. The second kappa shape index (κ2) is 18.6. The summed E-state index contributed by atoms with van der Waals surface area (Å²) in [5.74, 6) is 1.89. The van der Waals surface area contributed by atoms with Gasteiger partial charge in [-0.2, -0.15) is 10.5 Å². The van der Waals surface area contributed by atoms with Gasteiger partial charge >= 0.3 is 0 Å². The van der Waals surface area contributed by atoms with Crippen molar-refractivity contribution in [2.45, 2.75) is 11.9 Å². The monoisotopic (exact) mass is 725 g/mol. The number of benzene rings is 4. The summed E-state index contributed by atoms with van der Waals surface area (Å²) < 4.78 is 22.6. The molecule has 1 heterocycles. The van der Waals surface area contributed by atoms with Crippen LogP contribution in [0.1, 0.15) is 32.6 Å². The number of aldehydes is 2. The molecule has 0 saturated carbocycles. The maximum Gasteiger partial charge on any atom is 0.163 e. The van der Waals surface area contributed by atoms with Gasteiger partial charge in [-0.1, -0.05) is 57.9 Å². The van der Waals surface area contributed by atoms with E-state index in [1.165, 1.54) is 12.1 Å². The summed E-state index contributed by atoms with van der Waals surface area (Å²) in [4.78, 5) is 23.1. The van der Waals surface area contributed by atoms with Gasteiger partial charge in [0.15, 0.2) is 17.8 Å². The molecule has 0 spiro atoms. The molecule has 4 aromatic carbocycles. The van der Waals surface area contributed by atoms with E-state index in [-0.39, 0.29) is 35.3 Å². The minimum absolute atomic E-state index is 0.0539. The first kappa shape index (κ1) is 35.3. The molecule has 1 N–H and O–H groups in total. The third-order valence-electron chi connectivity index (χ3n) is 6.60. The van der Waals surface area contributed by atoms with Gasteiger partial charge in [0.2, 0.25) is 0 Å². The highest BCUT2D eigenvalue weighted by Crippen LogP contribution is 2.34. The van der Waals surface area contributed by atoms with Gasteiger partial charge in [0.05, 0.1) is 33.9 Å². The van der Waals surface area contributed by atoms with Crippen LogP contribution in [0.5, 0.6) is 23.0 Å². The number of hydrogen-bond donors (Lipinski definition) is 1. The number of halogens is 2. The molecule has 0 saturated heterocycles. The molecule has 9 nitrogen and oxygen atoms in total.